The molecule has 0 aliphatic rings. The Labute approximate surface area is 118 Å². The SMILES string of the molecule is Cc1nc(NN)cc(NC(C)(CO)c2ccccc2)n1. The van der Waals surface area contributed by atoms with Gasteiger partial charge in [-0.05, 0) is 19.4 Å². The van der Waals surface area contributed by atoms with E-state index >= 15 is 0 Å². The molecule has 2 rings (SSSR count). The third kappa shape index (κ3) is 3.04. The molecule has 5 N–H and O–H groups in total. The van der Waals surface area contributed by atoms with Crippen molar-refractivity contribution < 1.29 is 5.11 Å². The van der Waals surface area contributed by atoms with Gasteiger partial charge >= 0.3 is 0 Å². The molecule has 0 amide bonds. The van der Waals surface area contributed by atoms with Gasteiger partial charge in [-0.2, -0.15) is 0 Å². The number of hydrazine groups is 1. The van der Waals surface area contributed by atoms with Crippen LogP contribution in [0.5, 0.6) is 0 Å². The van der Waals surface area contributed by atoms with Gasteiger partial charge in [0.25, 0.3) is 0 Å². The first-order valence-electron chi connectivity index (χ1n) is 6.34. The van der Waals surface area contributed by atoms with E-state index in [0.717, 1.165) is 5.56 Å². The number of rotatable bonds is 5. The Morgan fingerprint density at radius 2 is 1.85 bits per heavy atom. The van der Waals surface area contributed by atoms with Crippen LogP contribution in [0.1, 0.15) is 18.3 Å². The van der Waals surface area contributed by atoms with Crippen molar-refractivity contribution in [2.24, 2.45) is 5.84 Å². The predicted molar refractivity (Wildman–Crippen MR) is 79.1 cm³/mol. The van der Waals surface area contributed by atoms with E-state index < -0.39 is 5.54 Å². The van der Waals surface area contributed by atoms with E-state index in [1.807, 2.05) is 37.3 Å². The number of aliphatic hydroxyl groups is 1. The minimum Gasteiger partial charge on any atom is -0.394 e. The lowest BCUT2D eigenvalue weighted by atomic mass is 9.93. The van der Waals surface area contributed by atoms with Gasteiger partial charge in [-0.1, -0.05) is 30.3 Å². The van der Waals surface area contributed by atoms with Gasteiger partial charge in [0.15, 0.2) is 0 Å². The Morgan fingerprint density at radius 3 is 2.45 bits per heavy atom. The lowest BCUT2D eigenvalue weighted by Gasteiger charge is -2.30. The molecular formula is C14H19N5O. The number of aliphatic hydroxyl groups excluding tert-OH is 1. The maximum Gasteiger partial charge on any atom is 0.145 e. The standard InChI is InChI=1S/C14H19N5O/c1-10-16-12(8-13(17-10)19-15)18-14(2,9-20)11-6-4-3-5-7-11/h3-8,20H,9,15H2,1-2H3,(H2,16,17,18,19). The molecule has 20 heavy (non-hydrogen) atoms. The highest BCUT2D eigenvalue weighted by molar-refractivity contribution is 5.49. The summed E-state index contributed by atoms with van der Waals surface area (Å²) in [4.78, 5) is 8.44. The average molecular weight is 273 g/mol. The molecule has 106 valence electrons. The number of anilines is 2. The first-order valence-corrected chi connectivity index (χ1v) is 6.34. The van der Waals surface area contributed by atoms with Crippen LogP contribution in [-0.2, 0) is 5.54 Å². The number of aryl methyl sites for hydroxylation is 1. The zero-order valence-corrected chi connectivity index (χ0v) is 11.6. The Morgan fingerprint density at radius 1 is 1.20 bits per heavy atom. The van der Waals surface area contributed by atoms with Crippen molar-refractivity contribution in [3.8, 4) is 0 Å². The summed E-state index contributed by atoms with van der Waals surface area (Å²) in [6.07, 6.45) is 0. The summed E-state index contributed by atoms with van der Waals surface area (Å²) in [7, 11) is 0. The molecule has 1 aromatic heterocycles. The molecule has 2 aromatic rings. The fourth-order valence-corrected chi connectivity index (χ4v) is 2.00. The second-order valence-electron chi connectivity index (χ2n) is 4.81. The van der Waals surface area contributed by atoms with Crippen LogP contribution in [0.3, 0.4) is 0 Å². The predicted octanol–water partition coefficient (Wildman–Crippen LogP) is 1.39. The van der Waals surface area contributed by atoms with Gasteiger partial charge in [-0.3, -0.25) is 0 Å². The number of benzene rings is 1. The topological polar surface area (TPSA) is 96.1 Å². The fraction of sp³-hybridized carbons (Fsp3) is 0.286. The summed E-state index contributed by atoms with van der Waals surface area (Å²) < 4.78 is 0. The number of nitrogen functional groups attached to an aromatic ring is 1. The van der Waals surface area contributed by atoms with Gasteiger partial charge < -0.3 is 15.8 Å². The molecule has 0 bridgehead atoms. The van der Waals surface area contributed by atoms with Crippen LogP contribution in [0.15, 0.2) is 36.4 Å². The summed E-state index contributed by atoms with van der Waals surface area (Å²) in [5, 5.41) is 13.0. The summed E-state index contributed by atoms with van der Waals surface area (Å²) >= 11 is 0. The maximum atomic E-state index is 9.75. The smallest absolute Gasteiger partial charge is 0.145 e. The first kappa shape index (κ1) is 14.2. The minimum atomic E-state index is -0.631. The van der Waals surface area contributed by atoms with E-state index in [1.165, 1.54) is 0 Å². The number of hydrogen-bond donors (Lipinski definition) is 4. The number of nitrogens with one attached hydrogen (secondary N) is 2. The molecule has 0 saturated carbocycles. The normalized spacial score (nSPS) is 13.6. The van der Waals surface area contributed by atoms with Gasteiger partial charge in [0.1, 0.15) is 17.5 Å². The third-order valence-corrected chi connectivity index (χ3v) is 3.12. The van der Waals surface area contributed by atoms with Crippen LogP contribution >= 0.6 is 0 Å². The van der Waals surface area contributed by atoms with Crippen molar-refractivity contribution >= 4 is 11.6 Å². The molecule has 1 heterocycles. The lowest BCUT2D eigenvalue weighted by molar-refractivity contribution is 0.223. The zero-order valence-electron chi connectivity index (χ0n) is 11.6. The quantitative estimate of drug-likeness (QED) is 0.485. The van der Waals surface area contributed by atoms with Crippen LogP contribution in [0, 0.1) is 6.92 Å². The Hall–Kier alpha value is -2.18. The van der Waals surface area contributed by atoms with E-state index in [0.29, 0.717) is 17.5 Å². The minimum absolute atomic E-state index is 0.0640. The highest BCUT2D eigenvalue weighted by atomic mass is 16.3. The van der Waals surface area contributed by atoms with Crippen molar-refractivity contribution in [2.45, 2.75) is 19.4 Å². The highest BCUT2D eigenvalue weighted by Crippen LogP contribution is 2.25. The van der Waals surface area contributed by atoms with Gasteiger partial charge in [0.05, 0.1) is 12.1 Å². The molecule has 1 atom stereocenters. The summed E-state index contributed by atoms with van der Waals surface area (Å²) in [6, 6.07) is 11.4. The number of nitrogens with two attached hydrogens (primary N) is 1. The van der Waals surface area contributed by atoms with Crippen LogP contribution in [0.4, 0.5) is 11.6 Å². The number of hydrogen-bond acceptors (Lipinski definition) is 6. The first-order chi connectivity index (χ1) is 9.57. The largest absolute Gasteiger partial charge is 0.394 e. The Bertz CT molecular complexity index is 575. The van der Waals surface area contributed by atoms with Crippen molar-refractivity contribution in [1.29, 1.82) is 0 Å². The molecule has 1 aromatic carbocycles. The van der Waals surface area contributed by atoms with Gasteiger partial charge in [0, 0.05) is 6.07 Å². The second-order valence-corrected chi connectivity index (χ2v) is 4.81. The molecule has 6 nitrogen and oxygen atoms in total. The van der Waals surface area contributed by atoms with Gasteiger partial charge in [0.2, 0.25) is 0 Å². The van der Waals surface area contributed by atoms with Crippen LogP contribution in [-0.4, -0.2) is 21.7 Å². The van der Waals surface area contributed by atoms with Crippen molar-refractivity contribution in [3.05, 3.63) is 47.8 Å². The monoisotopic (exact) mass is 273 g/mol. The van der Waals surface area contributed by atoms with Crippen LogP contribution < -0.4 is 16.6 Å². The zero-order chi connectivity index (χ0) is 14.6. The molecular weight excluding hydrogens is 254 g/mol. The average Bonchev–Trinajstić information content (AvgIpc) is 2.47. The summed E-state index contributed by atoms with van der Waals surface area (Å²) in [5.41, 5.74) is 2.84. The fourth-order valence-electron chi connectivity index (χ4n) is 2.00. The van der Waals surface area contributed by atoms with Crippen LogP contribution in [0.25, 0.3) is 0 Å². The van der Waals surface area contributed by atoms with Crippen molar-refractivity contribution in [2.75, 3.05) is 17.3 Å². The molecule has 6 heteroatoms. The highest BCUT2D eigenvalue weighted by Gasteiger charge is 2.26. The van der Waals surface area contributed by atoms with Gasteiger partial charge in [-0.25, -0.2) is 15.8 Å². The van der Waals surface area contributed by atoms with E-state index in [4.69, 9.17) is 5.84 Å². The Balaban J connectivity index is 2.33. The molecule has 1 unspecified atom stereocenters. The molecule has 0 saturated heterocycles. The van der Waals surface area contributed by atoms with Crippen molar-refractivity contribution in [1.82, 2.24) is 9.97 Å². The number of nitrogens with zero attached hydrogens (tertiary/aromatic N) is 2. The Kier molecular flexibility index (Phi) is 4.16. The van der Waals surface area contributed by atoms with E-state index in [9.17, 15) is 5.11 Å². The maximum absolute atomic E-state index is 9.75. The second kappa shape index (κ2) is 5.85. The number of aromatic nitrogens is 2. The molecule has 0 aliphatic carbocycles. The van der Waals surface area contributed by atoms with Crippen molar-refractivity contribution in [3.63, 3.8) is 0 Å². The van der Waals surface area contributed by atoms with Crippen LogP contribution in [0.2, 0.25) is 0 Å². The summed E-state index contributed by atoms with van der Waals surface area (Å²) in [5.74, 6) is 7.10. The van der Waals surface area contributed by atoms with E-state index in [1.54, 1.807) is 13.0 Å². The lowest BCUT2D eigenvalue weighted by Crippen LogP contribution is -2.36. The molecule has 0 aliphatic heterocycles. The molecule has 0 radical (unpaired) electrons. The van der Waals surface area contributed by atoms with E-state index in [2.05, 4.69) is 20.7 Å². The summed E-state index contributed by atoms with van der Waals surface area (Å²) in [6.45, 7) is 3.63. The van der Waals surface area contributed by atoms with E-state index in [-0.39, 0.29) is 6.61 Å². The third-order valence-electron chi connectivity index (χ3n) is 3.12. The van der Waals surface area contributed by atoms with Gasteiger partial charge in [-0.15, -0.1) is 0 Å². The molecule has 0 spiro atoms. The molecule has 0 fully saturated rings.